The minimum atomic E-state index is -0.572. The quantitative estimate of drug-likeness (QED) is 0.722. The molecule has 1 fully saturated rings. The highest BCUT2D eigenvalue weighted by Crippen LogP contribution is 2.34. The van der Waals surface area contributed by atoms with Crippen LogP contribution in [0, 0.1) is 0 Å². The summed E-state index contributed by atoms with van der Waals surface area (Å²) < 4.78 is 6.10. The van der Waals surface area contributed by atoms with Gasteiger partial charge in [0.25, 0.3) is 5.91 Å². The summed E-state index contributed by atoms with van der Waals surface area (Å²) in [6.07, 6.45) is 5.71. The standard InChI is InChI=1S/C27H31N3O3/c31-26(28-17-13-22(14-18-28)21-9-3-1-4-10-21)20-30-19-25(27(32)29-15-7-2-8-16-29)33-24-12-6-5-11-23(24)30/h1,3-6,9-13,25H,2,7-8,14-20H2/t25-/m0/s1. The fourth-order valence-electron chi connectivity index (χ4n) is 4.98. The van der Waals surface area contributed by atoms with Crippen LogP contribution >= 0.6 is 0 Å². The van der Waals surface area contributed by atoms with Crippen molar-refractivity contribution in [3.63, 3.8) is 0 Å². The van der Waals surface area contributed by atoms with Crippen molar-refractivity contribution < 1.29 is 14.3 Å². The van der Waals surface area contributed by atoms with E-state index in [1.54, 1.807) is 0 Å². The summed E-state index contributed by atoms with van der Waals surface area (Å²) in [5.74, 6) is 0.797. The van der Waals surface area contributed by atoms with Crippen molar-refractivity contribution in [3.8, 4) is 5.75 Å². The molecule has 6 nitrogen and oxygen atoms in total. The van der Waals surface area contributed by atoms with Crippen molar-refractivity contribution in [1.82, 2.24) is 9.80 Å². The molecule has 0 spiro atoms. The van der Waals surface area contributed by atoms with Crippen LogP contribution in [0.2, 0.25) is 0 Å². The van der Waals surface area contributed by atoms with E-state index in [0.717, 1.165) is 38.0 Å². The number of piperidine rings is 1. The van der Waals surface area contributed by atoms with Gasteiger partial charge in [-0.05, 0) is 49.0 Å². The predicted molar refractivity (Wildman–Crippen MR) is 129 cm³/mol. The highest BCUT2D eigenvalue weighted by atomic mass is 16.5. The van der Waals surface area contributed by atoms with Crippen LogP contribution in [0.5, 0.6) is 5.75 Å². The number of amides is 2. The molecule has 0 bridgehead atoms. The zero-order valence-electron chi connectivity index (χ0n) is 19.0. The van der Waals surface area contributed by atoms with Crippen LogP contribution in [-0.2, 0) is 9.59 Å². The van der Waals surface area contributed by atoms with E-state index in [0.29, 0.717) is 25.4 Å². The molecule has 5 rings (SSSR count). The van der Waals surface area contributed by atoms with Gasteiger partial charge in [0.05, 0.1) is 18.8 Å². The van der Waals surface area contributed by atoms with E-state index in [-0.39, 0.29) is 18.4 Å². The third kappa shape index (κ3) is 4.75. The largest absolute Gasteiger partial charge is 0.477 e. The number of anilines is 1. The molecule has 33 heavy (non-hydrogen) atoms. The van der Waals surface area contributed by atoms with E-state index in [2.05, 4.69) is 18.2 Å². The fraction of sp³-hybridized carbons (Fsp3) is 0.407. The lowest BCUT2D eigenvalue weighted by Crippen LogP contribution is -2.53. The van der Waals surface area contributed by atoms with Gasteiger partial charge in [0.15, 0.2) is 6.10 Å². The minimum absolute atomic E-state index is 0.0371. The number of hydrogen-bond donors (Lipinski definition) is 0. The lowest BCUT2D eigenvalue weighted by Gasteiger charge is -2.39. The highest BCUT2D eigenvalue weighted by molar-refractivity contribution is 5.87. The van der Waals surface area contributed by atoms with E-state index in [1.165, 1.54) is 17.6 Å². The molecule has 172 valence electrons. The van der Waals surface area contributed by atoms with Crippen LogP contribution < -0.4 is 9.64 Å². The first-order valence-corrected chi connectivity index (χ1v) is 12.0. The van der Waals surface area contributed by atoms with Gasteiger partial charge in [0.1, 0.15) is 5.75 Å². The lowest BCUT2D eigenvalue weighted by atomic mass is 9.99. The van der Waals surface area contributed by atoms with Crippen LogP contribution in [0.4, 0.5) is 5.69 Å². The van der Waals surface area contributed by atoms with Gasteiger partial charge >= 0.3 is 0 Å². The Morgan fingerprint density at radius 1 is 0.879 bits per heavy atom. The molecule has 2 amide bonds. The van der Waals surface area contributed by atoms with Gasteiger partial charge < -0.3 is 19.4 Å². The Morgan fingerprint density at radius 3 is 2.39 bits per heavy atom. The molecule has 0 saturated carbocycles. The normalized spacial score (nSPS) is 20.5. The van der Waals surface area contributed by atoms with Crippen molar-refractivity contribution in [2.75, 3.05) is 44.2 Å². The summed E-state index contributed by atoms with van der Waals surface area (Å²) in [5.41, 5.74) is 3.40. The van der Waals surface area contributed by atoms with Gasteiger partial charge in [-0.3, -0.25) is 9.59 Å². The first kappa shape index (κ1) is 21.6. The molecule has 0 radical (unpaired) electrons. The van der Waals surface area contributed by atoms with Crippen molar-refractivity contribution >= 4 is 23.1 Å². The third-order valence-electron chi connectivity index (χ3n) is 6.84. The predicted octanol–water partition coefficient (Wildman–Crippen LogP) is 3.58. The van der Waals surface area contributed by atoms with Crippen LogP contribution in [0.1, 0.15) is 31.2 Å². The average Bonchev–Trinajstić information content (AvgIpc) is 2.89. The fourth-order valence-corrected chi connectivity index (χ4v) is 4.98. The first-order valence-electron chi connectivity index (χ1n) is 12.0. The Balaban J connectivity index is 1.27. The Labute approximate surface area is 195 Å². The van der Waals surface area contributed by atoms with Gasteiger partial charge in [0, 0.05) is 26.2 Å². The minimum Gasteiger partial charge on any atom is -0.477 e. The molecule has 1 atom stereocenters. The molecule has 3 heterocycles. The number of carbonyl (C=O) groups is 2. The van der Waals surface area contributed by atoms with Gasteiger partial charge in [-0.1, -0.05) is 48.5 Å². The van der Waals surface area contributed by atoms with Crippen LogP contribution in [0.3, 0.4) is 0 Å². The molecule has 3 aliphatic rings. The highest BCUT2D eigenvalue weighted by Gasteiger charge is 2.35. The maximum atomic E-state index is 13.2. The van der Waals surface area contributed by atoms with E-state index in [1.807, 2.05) is 57.2 Å². The van der Waals surface area contributed by atoms with E-state index < -0.39 is 6.10 Å². The molecule has 6 heteroatoms. The lowest BCUT2D eigenvalue weighted by molar-refractivity contribution is -0.140. The van der Waals surface area contributed by atoms with E-state index >= 15 is 0 Å². The van der Waals surface area contributed by atoms with Crippen molar-refractivity contribution in [2.45, 2.75) is 31.8 Å². The number of para-hydroxylation sites is 2. The number of nitrogens with zero attached hydrogens (tertiary/aromatic N) is 3. The Kier molecular flexibility index (Phi) is 6.33. The molecule has 3 aliphatic heterocycles. The van der Waals surface area contributed by atoms with Crippen molar-refractivity contribution in [2.24, 2.45) is 0 Å². The number of fused-ring (bicyclic) bond motifs is 1. The van der Waals surface area contributed by atoms with Gasteiger partial charge in [-0.25, -0.2) is 0 Å². The number of benzene rings is 2. The molecule has 0 aliphatic carbocycles. The first-order chi connectivity index (χ1) is 16.2. The second-order valence-electron chi connectivity index (χ2n) is 9.03. The Bertz CT molecular complexity index is 1030. The topological polar surface area (TPSA) is 53.1 Å². The summed E-state index contributed by atoms with van der Waals surface area (Å²) >= 11 is 0. The summed E-state index contributed by atoms with van der Waals surface area (Å²) in [4.78, 5) is 32.2. The zero-order chi connectivity index (χ0) is 22.6. The summed E-state index contributed by atoms with van der Waals surface area (Å²) in [6, 6.07) is 18.1. The zero-order valence-corrected chi connectivity index (χ0v) is 19.0. The van der Waals surface area contributed by atoms with Gasteiger partial charge in [-0.2, -0.15) is 0 Å². The van der Waals surface area contributed by atoms with Gasteiger partial charge in [-0.15, -0.1) is 0 Å². The molecule has 0 aromatic heterocycles. The van der Waals surface area contributed by atoms with E-state index in [4.69, 9.17) is 4.74 Å². The molecule has 1 saturated heterocycles. The SMILES string of the molecule is O=C(CN1C[C@@H](C(=O)N2CCCCC2)Oc2ccccc21)N1CC=C(c2ccccc2)CC1. The summed E-state index contributed by atoms with van der Waals surface area (Å²) in [6.45, 7) is 3.56. The van der Waals surface area contributed by atoms with E-state index in [9.17, 15) is 9.59 Å². The number of likely N-dealkylation sites (tertiary alicyclic amines) is 1. The van der Waals surface area contributed by atoms with Crippen LogP contribution in [-0.4, -0.2) is 67.0 Å². The molecule has 2 aromatic carbocycles. The smallest absolute Gasteiger partial charge is 0.265 e. The second-order valence-corrected chi connectivity index (χ2v) is 9.03. The second kappa shape index (κ2) is 9.69. The molecule has 2 aromatic rings. The number of hydrogen-bond acceptors (Lipinski definition) is 4. The van der Waals surface area contributed by atoms with Crippen molar-refractivity contribution in [3.05, 3.63) is 66.2 Å². The number of rotatable bonds is 4. The average molecular weight is 446 g/mol. The maximum absolute atomic E-state index is 13.2. The molecular weight excluding hydrogens is 414 g/mol. The van der Waals surface area contributed by atoms with Crippen LogP contribution in [0.25, 0.3) is 5.57 Å². The third-order valence-corrected chi connectivity index (χ3v) is 6.84. The molecule has 0 N–H and O–H groups in total. The Morgan fingerprint density at radius 2 is 1.64 bits per heavy atom. The van der Waals surface area contributed by atoms with Crippen LogP contribution in [0.15, 0.2) is 60.7 Å². The molecule has 0 unspecified atom stereocenters. The Hall–Kier alpha value is -3.28. The van der Waals surface area contributed by atoms with Gasteiger partial charge in [0.2, 0.25) is 5.91 Å². The number of ether oxygens (including phenoxy) is 1. The molecular formula is C27H31N3O3. The monoisotopic (exact) mass is 445 g/mol. The number of carbonyl (C=O) groups excluding carboxylic acids is 2. The maximum Gasteiger partial charge on any atom is 0.265 e. The summed E-state index contributed by atoms with van der Waals surface area (Å²) in [5, 5.41) is 0. The van der Waals surface area contributed by atoms with Crippen molar-refractivity contribution in [1.29, 1.82) is 0 Å². The summed E-state index contributed by atoms with van der Waals surface area (Å²) in [7, 11) is 0.